The highest BCUT2D eigenvalue weighted by Crippen LogP contribution is 2.23. The highest BCUT2D eigenvalue weighted by molar-refractivity contribution is 7.89. The summed E-state index contributed by atoms with van der Waals surface area (Å²) >= 11 is 0. The Morgan fingerprint density at radius 3 is 2.68 bits per heavy atom. The molecule has 2 aromatic rings. The van der Waals surface area contributed by atoms with Crippen molar-refractivity contribution in [3.63, 3.8) is 0 Å². The van der Waals surface area contributed by atoms with Gasteiger partial charge >= 0.3 is 0 Å². The minimum Gasteiger partial charge on any atom is -0.399 e. The molecule has 1 heterocycles. The topological polar surface area (TPSA) is 127 Å². The Morgan fingerprint density at radius 2 is 2.11 bits per heavy atom. The lowest BCUT2D eigenvalue weighted by molar-refractivity contribution is 0.598. The number of nitrogens with zero attached hydrogens (tertiary/aromatic N) is 1. The van der Waals surface area contributed by atoms with E-state index >= 15 is 0 Å². The van der Waals surface area contributed by atoms with Crippen molar-refractivity contribution in [1.82, 2.24) is 10.2 Å². The monoisotopic (exact) mass is 281 g/mol. The van der Waals surface area contributed by atoms with Gasteiger partial charge in [-0.25, -0.2) is 13.6 Å². The number of rotatable bonds is 4. The zero-order valence-corrected chi connectivity index (χ0v) is 11.1. The Balaban J connectivity index is 2.28. The van der Waals surface area contributed by atoms with E-state index in [-0.39, 0.29) is 10.9 Å². The number of H-pyrrole nitrogens is 1. The number of aromatic amines is 1. The number of sulfonamides is 1. The van der Waals surface area contributed by atoms with Crippen molar-refractivity contribution in [2.75, 3.05) is 11.1 Å². The van der Waals surface area contributed by atoms with Crippen LogP contribution >= 0.6 is 0 Å². The Bertz CT molecular complexity index is 666. The predicted octanol–water partition coefficient (Wildman–Crippen LogP) is 0.812. The van der Waals surface area contributed by atoms with Crippen molar-refractivity contribution in [1.29, 1.82) is 0 Å². The highest BCUT2D eigenvalue weighted by atomic mass is 32.2. The quantitative estimate of drug-likeness (QED) is 0.617. The van der Waals surface area contributed by atoms with Crippen molar-refractivity contribution in [2.45, 2.75) is 17.9 Å². The Labute approximate surface area is 111 Å². The molecule has 0 bridgehead atoms. The van der Waals surface area contributed by atoms with Crippen LogP contribution in [0.5, 0.6) is 0 Å². The molecule has 6 N–H and O–H groups in total. The number of hydrogen-bond acceptors (Lipinski definition) is 5. The van der Waals surface area contributed by atoms with Gasteiger partial charge in [0.05, 0.1) is 17.1 Å². The van der Waals surface area contributed by atoms with Crippen LogP contribution in [0.25, 0.3) is 0 Å². The molecule has 8 heteroatoms. The van der Waals surface area contributed by atoms with E-state index in [0.717, 1.165) is 5.56 Å². The SMILES string of the molecule is CC(Nc1cc(N)cc(S(N)(=O)=O)c1)c1cn[nH]c1. The first-order valence-corrected chi connectivity index (χ1v) is 7.09. The number of hydrogen-bond donors (Lipinski definition) is 4. The van der Waals surface area contributed by atoms with Gasteiger partial charge in [0.1, 0.15) is 0 Å². The average Bonchev–Trinajstić information content (AvgIpc) is 2.80. The van der Waals surface area contributed by atoms with Crippen LogP contribution in [0.3, 0.4) is 0 Å². The fraction of sp³-hybridized carbons (Fsp3) is 0.182. The zero-order chi connectivity index (χ0) is 14.0. The summed E-state index contributed by atoms with van der Waals surface area (Å²) < 4.78 is 22.7. The fourth-order valence-corrected chi connectivity index (χ4v) is 2.29. The van der Waals surface area contributed by atoms with Gasteiger partial charge in [-0.05, 0) is 25.1 Å². The third-order valence-corrected chi connectivity index (χ3v) is 3.55. The summed E-state index contributed by atoms with van der Waals surface area (Å²) in [4.78, 5) is -0.0191. The molecule has 0 radical (unpaired) electrons. The van der Waals surface area contributed by atoms with Crippen LogP contribution in [0, 0.1) is 0 Å². The van der Waals surface area contributed by atoms with E-state index in [4.69, 9.17) is 10.9 Å². The lowest BCUT2D eigenvalue weighted by Gasteiger charge is -2.15. The Morgan fingerprint density at radius 1 is 1.37 bits per heavy atom. The molecule has 7 nitrogen and oxygen atoms in total. The summed E-state index contributed by atoms with van der Waals surface area (Å²) in [5.41, 5.74) is 7.52. The second-order valence-electron chi connectivity index (χ2n) is 4.23. The fourth-order valence-electron chi connectivity index (χ4n) is 1.70. The largest absolute Gasteiger partial charge is 0.399 e. The number of primary sulfonamides is 1. The minimum absolute atomic E-state index is 0.0191. The van der Waals surface area contributed by atoms with Gasteiger partial charge in [0.25, 0.3) is 0 Å². The molecule has 1 aromatic carbocycles. The lowest BCUT2D eigenvalue weighted by Crippen LogP contribution is -2.13. The third kappa shape index (κ3) is 3.24. The molecule has 0 aliphatic carbocycles. The first-order valence-electron chi connectivity index (χ1n) is 5.55. The molecular formula is C11H15N5O2S. The summed E-state index contributed by atoms with van der Waals surface area (Å²) in [5, 5.41) is 14.8. The third-order valence-electron chi connectivity index (χ3n) is 2.66. The molecule has 0 saturated carbocycles. The first kappa shape index (κ1) is 13.4. The molecule has 0 fully saturated rings. The normalized spacial score (nSPS) is 13.2. The Hall–Kier alpha value is -2.06. The lowest BCUT2D eigenvalue weighted by atomic mass is 10.2. The van der Waals surface area contributed by atoms with Crippen LogP contribution < -0.4 is 16.2 Å². The van der Waals surface area contributed by atoms with Gasteiger partial charge in [-0.2, -0.15) is 5.10 Å². The van der Waals surface area contributed by atoms with E-state index in [1.165, 1.54) is 12.1 Å². The Kier molecular flexibility index (Phi) is 3.45. The molecular weight excluding hydrogens is 266 g/mol. The van der Waals surface area contributed by atoms with E-state index in [1.807, 2.05) is 6.92 Å². The summed E-state index contributed by atoms with van der Waals surface area (Å²) in [6.07, 6.45) is 3.44. The number of nitrogens with two attached hydrogens (primary N) is 2. The van der Waals surface area contributed by atoms with Gasteiger partial charge in [0, 0.05) is 23.1 Å². The van der Waals surface area contributed by atoms with Crippen molar-refractivity contribution in [3.8, 4) is 0 Å². The van der Waals surface area contributed by atoms with Gasteiger partial charge in [-0.15, -0.1) is 0 Å². The smallest absolute Gasteiger partial charge is 0.238 e. The number of aromatic nitrogens is 2. The van der Waals surface area contributed by atoms with E-state index in [2.05, 4.69) is 15.5 Å². The van der Waals surface area contributed by atoms with Gasteiger partial charge in [0.15, 0.2) is 0 Å². The maximum Gasteiger partial charge on any atom is 0.238 e. The standard InChI is InChI=1S/C11H15N5O2S/c1-7(8-5-14-15-6-8)16-10-2-9(12)3-11(4-10)19(13,17)18/h2-7,16H,12H2,1H3,(H,14,15)(H2,13,17,18). The van der Waals surface area contributed by atoms with Crippen LogP contribution in [0.1, 0.15) is 18.5 Å². The molecule has 2 rings (SSSR count). The summed E-state index contributed by atoms with van der Waals surface area (Å²) in [6.45, 7) is 1.92. The number of nitrogens with one attached hydrogen (secondary N) is 2. The van der Waals surface area contributed by atoms with Gasteiger partial charge in [-0.1, -0.05) is 0 Å². The molecule has 1 aromatic heterocycles. The molecule has 1 atom stereocenters. The van der Waals surface area contributed by atoms with Crippen LogP contribution in [-0.4, -0.2) is 18.6 Å². The van der Waals surface area contributed by atoms with E-state index in [9.17, 15) is 8.42 Å². The molecule has 0 spiro atoms. The van der Waals surface area contributed by atoms with E-state index in [1.54, 1.807) is 18.5 Å². The predicted molar refractivity (Wildman–Crippen MR) is 72.9 cm³/mol. The van der Waals surface area contributed by atoms with E-state index in [0.29, 0.717) is 11.4 Å². The molecule has 0 aliphatic rings. The average molecular weight is 281 g/mol. The maximum atomic E-state index is 11.3. The number of benzene rings is 1. The minimum atomic E-state index is -3.78. The van der Waals surface area contributed by atoms with Crippen LogP contribution in [-0.2, 0) is 10.0 Å². The van der Waals surface area contributed by atoms with Crippen molar-refractivity contribution >= 4 is 21.4 Å². The first-order chi connectivity index (χ1) is 8.86. The van der Waals surface area contributed by atoms with Crippen molar-refractivity contribution < 1.29 is 8.42 Å². The number of anilines is 2. The van der Waals surface area contributed by atoms with E-state index < -0.39 is 10.0 Å². The van der Waals surface area contributed by atoms with Gasteiger partial charge in [0.2, 0.25) is 10.0 Å². The molecule has 0 amide bonds. The van der Waals surface area contributed by atoms with Crippen LogP contribution in [0.15, 0.2) is 35.5 Å². The van der Waals surface area contributed by atoms with Gasteiger partial charge < -0.3 is 11.1 Å². The van der Waals surface area contributed by atoms with Crippen molar-refractivity contribution in [2.24, 2.45) is 5.14 Å². The highest BCUT2D eigenvalue weighted by Gasteiger charge is 2.12. The number of nitrogen functional groups attached to an aromatic ring is 1. The molecule has 102 valence electrons. The maximum absolute atomic E-state index is 11.3. The zero-order valence-electron chi connectivity index (χ0n) is 10.3. The molecule has 0 aliphatic heterocycles. The second-order valence-corrected chi connectivity index (χ2v) is 5.79. The second kappa shape index (κ2) is 4.90. The molecule has 0 saturated heterocycles. The summed E-state index contributed by atoms with van der Waals surface area (Å²) in [5.74, 6) is 0. The van der Waals surface area contributed by atoms with Crippen LogP contribution in [0.2, 0.25) is 0 Å². The summed E-state index contributed by atoms with van der Waals surface area (Å²) in [7, 11) is -3.78. The molecule has 19 heavy (non-hydrogen) atoms. The van der Waals surface area contributed by atoms with Gasteiger partial charge in [-0.3, -0.25) is 5.10 Å². The summed E-state index contributed by atoms with van der Waals surface area (Å²) in [6, 6.07) is 4.37. The van der Waals surface area contributed by atoms with Crippen molar-refractivity contribution in [3.05, 3.63) is 36.2 Å². The molecule has 1 unspecified atom stereocenters. The van der Waals surface area contributed by atoms with Crippen LogP contribution in [0.4, 0.5) is 11.4 Å².